The maximum Gasteiger partial charge on any atom is 0.138 e. The molecule has 0 unspecified atom stereocenters. The zero-order valence-electron chi connectivity index (χ0n) is 12.8. The van der Waals surface area contributed by atoms with Crippen LogP contribution in [0.1, 0.15) is 25.0 Å². The van der Waals surface area contributed by atoms with Crippen LogP contribution in [0.15, 0.2) is 18.2 Å². The minimum Gasteiger partial charge on any atom is -0.495 e. The molecule has 104 valence electrons. The molecule has 0 atom stereocenters. The normalized spacial score (nSPS) is 16.7. The van der Waals surface area contributed by atoms with E-state index in [-0.39, 0.29) is 5.60 Å². The number of rotatable bonds is 3. The van der Waals surface area contributed by atoms with Crippen molar-refractivity contribution < 1.29 is 14.0 Å². The number of benzene rings is 1. The second kappa shape index (κ2) is 4.57. The Morgan fingerprint density at radius 3 is 2.47 bits per heavy atom. The Hall–Kier alpha value is -1.48. The van der Waals surface area contributed by atoms with Gasteiger partial charge in [0, 0.05) is 5.56 Å². The summed E-state index contributed by atoms with van der Waals surface area (Å²) in [5.41, 5.74) is 2.01. The van der Waals surface area contributed by atoms with Gasteiger partial charge in [0.05, 0.1) is 33.8 Å². The number of nitrogens with zero attached hydrogens (tertiary/aromatic N) is 1. The molecule has 0 aromatic heterocycles. The fourth-order valence-corrected chi connectivity index (χ4v) is 2.35. The van der Waals surface area contributed by atoms with E-state index in [4.69, 9.17) is 9.47 Å². The number of ether oxygens (including phenoxy) is 2. The highest BCUT2D eigenvalue weighted by Gasteiger charge is 2.26. The van der Waals surface area contributed by atoms with E-state index in [2.05, 4.69) is 53.2 Å². The van der Waals surface area contributed by atoms with Crippen molar-refractivity contribution in [1.29, 1.82) is 0 Å². The first-order chi connectivity index (χ1) is 8.72. The predicted octanol–water partition coefficient (Wildman–Crippen LogP) is 3.09. The van der Waals surface area contributed by atoms with Crippen molar-refractivity contribution in [2.24, 2.45) is 0 Å². The van der Waals surface area contributed by atoms with Crippen LogP contribution in [0.2, 0.25) is 0 Å². The standard InChI is InChI=1S/C16H24NO2/c1-16(2)10-9-13-14(19-16)8-7-12(15(13)18-6)11-17(3,4)5/h7-10H,11H2,1-6H3/q+1. The largest absolute Gasteiger partial charge is 0.495 e. The maximum absolute atomic E-state index is 5.97. The quantitative estimate of drug-likeness (QED) is 0.779. The molecule has 3 heteroatoms. The molecule has 2 rings (SSSR count). The van der Waals surface area contributed by atoms with Gasteiger partial charge in [-0.05, 0) is 38.1 Å². The van der Waals surface area contributed by atoms with Crippen LogP contribution in [-0.4, -0.2) is 38.3 Å². The lowest BCUT2D eigenvalue weighted by Crippen LogP contribution is -2.33. The molecular weight excluding hydrogens is 238 g/mol. The van der Waals surface area contributed by atoms with E-state index < -0.39 is 0 Å². The van der Waals surface area contributed by atoms with Crippen LogP contribution < -0.4 is 9.47 Å². The average Bonchev–Trinajstić information content (AvgIpc) is 2.26. The summed E-state index contributed by atoms with van der Waals surface area (Å²) in [6.07, 6.45) is 4.18. The van der Waals surface area contributed by atoms with Gasteiger partial charge >= 0.3 is 0 Å². The van der Waals surface area contributed by atoms with Gasteiger partial charge in [-0.3, -0.25) is 0 Å². The minimum absolute atomic E-state index is 0.250. The third-order valence-electron chi connectivity index (χ3n) is 3.11. The number of quaternary nitrogens is 1. The van der Waals surface area contributed by atoms with Gasteiger partial charge < -0.3 is 14.0 Å². The molecule has 1 aromatic rings. The van der Waals surface area contributed by atoms with Gasteiger partial charge in [-0.2, -0.15) is 0 Å². The van der Waals surface area contributed by atoms with Crippen molar-refractivity contribution in [3.05, 3.63) is 29.3 Å². The summed E-state index contributed by atoms with van der Waals surface area (Å²) >= 11 is 0. The molecule has 0 spiro atoms. The van der Waals surface area contributed by atoms with E-state index in [0.29, 0.717) is 0 Å². The van der Waals surface area contributed by atoms with Crippen molar-refractivity contribution in [1.82, 2.24) is 0 Å². The third kappa shape index (κ3) is 3.10. The molecule has 0 N–H and O–H groups in total. The monoisotopic (exact) mass is 262 g/mol. The van der Waals surface area contributed by atoms with Gasteiger partial charge in [0.2, 0.25) is 0 Å². The Morgan fingerprint density at radius 1 is 1.21 bits per heavy atom. The molecule has 0 fully saturated rings. The van der Waals surface area contributed by atoms with Crippen molar-refractivity contribution in [2.75, 3.05) is 28.3 Å². The summed E-state index contributed by atoms with van der Waals surface area (Å²) in [6.45, 7) is 5.03. The van der Waals surface area contributed by atoms with Crippen molar-refractivity contribution in [3.63, 3.8) is 0 Å². The average molecular weight is 262 g/mol. The number of methoxy groups -OCH3 is 1. The summed E-state index contributed by atoms with van der Waals surface area (Å²) in [5.74, 6) is 1.83. The summed E-state index contributed by atoms with van der Waals surface area (Å²) < 4.78 is 12.5. The fourth-order valence-electron chi connectivity index (χ4n) is 2.35. The zero-order chi connectivity index (χ0) is 14.3. The lowest BCUT2D eigenvalue weighted by atomic mass is 9.99. The van der Waals surface area contributed by atoms with Crippen LogP contribution in [0.4, 0.5) is 0 Å². The van der Waals surface area contributed by atoms with Gasteiger partial charge in [-0.15, -0.1) is 0 Å². The SMILES string of the molecule is COc1c(C[N+](C)(C)C)ccc2c1C=CC(C)(C)O2. The summed E-state index contributed by atoms with van der Waals surface area (Å²) in [6, 6.07) is 4.16. The van der Waals surface area contributed by atoms with E-state index in [1.807, 2.05) is 6.07 Å². The van der Waals surface area contributed by atoms with Crippen LogP contribution in [0.3, 0.4) is 0 Å². The number of fused-ring (bicyclic) bond motifs is 1. The molecule has 3 nitrogen and oxygen atoms in total. The molecule has 0 saturated carbocycles. The number of hydrogen-bond acceptors (Lipinski definition) is 2. The molecular formula is C16H24NO2+. The van der Waals surface area contributed by atoms with Gasteiger partial charge in [0.15, 0.2) is 0 Å². The first-order valence-corrected chi connectivity index (χ1v) is 6.60. The summed E-state index contributed by atoms with van der Waals surface area (Å²) in [7, 11) is 8.25. The van der Waals surface area contributed by atoms with Crippen LogP contribution in [0.5, 0.6) is 11.5 Å². The zero-order valence-corrected chi connectivity index (χ0v) is 12.8. The molecule has 0 amide bonds. The highest BCUT2D eigenvalue weighted by atomic mass is 16.5. The van der Waals surface area contributed by atoms with Gasteiger partial charge in [0.25, 0.3) is 0 Å². The Morgan fingerprint density at radius 2 is 1.89 bits per heavy atom. The van der Waals surface area contributed by atoms with E-state index in [0.717, 1.165) is 28.1 Å². The molecule has 1 aliphatic heterocycles. The van der Waals surface area contributed by atoms with E-state index >= 15 is 0 Å². The highest BCUT2D eigenvalue weighted by Crippen LogP contribution is 2.39. The Kier molecular flexibility index (Phi) is 3.35. The Labute approximate surface area is 116 Å². The lowest BCUT2D eigenvalue weighted by molar-refractivity contribution is -0.884. The van der Waals surface area contributed by atoms with Gasteiger partial charge in [-0.1, -0.05) is 0 Å². The first-order valence-electron chi connectivity index (χ1n) is 6.60. The molecule has 1 aliphatic rings. The minimum atomic E-state index is -0.250. The smallest absolute Gasteiger partial charge is 0.138 e. The van der Waals surface area contributed by atoms with Gasteiger partial charge in [-0.25, -0.2) is 0 Å². The summed E-state index contributed by atoms with van der Waals surface area (Å²) in [5, 5.41) is 0. The van der Waals surface area contributed by atoms with E-state index in [1.54, 1.807) is 7.11 Å². The molecule has 0 saturated heterocycles. The second-order valence-electron chi connectivity index (χ2n) is 6.66. The van der Waals surface area contributed by atoms with Crippen LogP contribution in [0.25, 0.3) is 6.08 Å². The fraction of sp³-hybridized carbons (Fsp3) is 0.500. The van der Waals surface area contributed by atoms with E-state index in [1.165, 1.54) is 5.56 Å². The molecule has 0 bridgehead atoms. The second-order valence-corrected chi connectivity index (χ2v) is 6.66. The van der Waals surface area contributed by atoms with Crippen molar-refractivity contribution in [3.8, 4) is 11.5 Å². The molecule has 0 radical (unpaired) electrons. The van der Waals surface area contributed by atoms with Gasteiger partial charge in [0.1, 0.15) is 23.6 Å². The van der Waals surface area contributed by atoms with Crippen molar-refractivity contribution >= 4 is 6.08 Å². The molecule has 0 aliphatic carbocycles. The third-order valence-corrected chi connectivity index (χ3v) is 3.11. The lowest BCUT2D eigenvalue weighted by Gasteiger charge is -2.30. The maximum atomic E-state index is 5.97. The van der Waals surface area contributed by atoms with Crippen molar-refractivity contribution in [2.45, 2.75) is 26.0 Å². The first kappa shape index (κ1) is 13.9. The molecule has 1 heterocycles. The predicted molar refractivity (Wildman–Crippen MR) is 78.5 cm³/mol. The molecule has 19 heavy (non-hydrogen) atoms. The Balaban J connectivity index is 2.46. The number of hydrogen-bond donors (Lipinski definition) is 0. The van der Waals surface area contributed by atoms with E-state index in [9.17, 15) is 0 Å². The van der Waals surface area contributed by atoms with Crippen LogP contribution >= 0.6 is 0 Å². The highest BCUT2D eigenvalue weighted by molar-refractivity contribution is 5.69. The Bertz CT molecular complexity index is 510. The topological polar surface area (TPSA) is 18.5 Å². The summed E-state index contributed by atoms with van der Waals surface area (Å²) in [4.78, 5) is 0. The van der Waals surface area contributed by atoms with Crippen LogP contribution in [0, 0.1) is 0 Å². The molecule has 1 aromatic carbocycles. The van der Waals surface area contributed by atoms with Crippen LogP contribution in [-0.2, 0) is 6.54 Å².